The van der Waals surface area contributed by atoms with E-state index in [9.17, 15) is 9.59 Å². The van der Waals surface area contributed by atoms with E-state index in [1.165, 1.54) is 0 Å². The fourth-order valence-corrected chi connectivity index (χ4v) is 3.94. The van der Waals surface area contributed by atoms with Gasteiger partial charge in [0.2, 0.25) is 5.91 Å². The molecule has 0 aromatic heterocycles. The Balaban J connectivity index is 1.37. The van der Waals surface area contributed by atoms with E-state index in [-0.39, 0.29) is 24.5 Å². The van der Waals surface area contributed by atoms with E-state index in [0.29, 0.717) is 32.3 Å². The summed E-state index contributed by atoms with van der Waals surface area (Å²) in [4.78, 5) is 28.7. The van der Waals surface area contributed by atoms with Gasteiger partial charge in [0.05, 0.1) is 6.10 Å². The highest BCUT2D eigenvalue weighted by molar-refractivity contribution is 5.79. The van der Waals surface area contributed by atoms with Crippen LogP contribution in [0.15, 0.2) is 30.3 Å². The average Bonchev–Trinajstić information content (AvgIpc) is 2.76. The number of ether oxygens (including phenoxy) is 2. The summed E-state index contributed by atoms with van der Waals surface area (Å²) in [5.41, 5.74) is 0.975. The minimum Gasteiger partial charge on any atom is -0.445 e. The van der Waals surface area contributed by atoms with Gasteiger partial charge in [-0.1, -0.05) is 37.3 Å². The van der Waals surface area contributed by atoms with Crippen LogP contribution in [0.3, 0.4) is 0 Å². The first-order chi connectivity index (χ1) is 13.7. The second-order valence-corrected chi connectivity index (χ2v) is 7.70. The lowest BCUT2D eigenvalue weighted by molar-refractivity contribution is -0.139. The molecule has 3 rings (SSSR count). The smallest absolute Gasteiger partial charge is 0.410 e. The van der Waals surface area contributed by atoms with Crippen LogP contribution in [0.4, 0.5) is 4.79 Å². The molecule has 6 nitrogen and oxygen atoms in total. The second kappa shape index (κ2) is 10.5. The maximum absolute atomic E-state index is 12.8. The molecule has 0 spiro atoms. The van der Waals surface area contributed by atoms with Crippen molar-refractivity contribution >= 4 is 12.0 Å². The number of piperazine rings is 1. The van der Waals surface area contributed by atoms with Crippen LogP contribution in [0.25, 0.3) is 0 Å². The first-order valence-electron chi connectivity index (χ1n) is 10.5. The van der Waals surface area contributed by atoms with Gasteiger partial charge in [-0.05, 0) is 37.7 Å². The lowest BCUT2D eigenvalue weighted by Gasteiger charge is -2.37. The van der Waals surface area contributed by atoms with Crippen LogP contribution in [0.1, 0.15) is 44.6 Å². The Morgan fingerprint density at radius 3 is 2.25 bits per heavy atom. The van der Waals surface area contributed by atoms with E-state index in [1.807, 2.05) is 35.2 Å². The van der Waals surface area contributed by atoms with Crippen molar-refractivity contribution in [3.8, 4) is 0 Å². The molecule has 0 atom stereocenters. The number of carbonyl (C=O) groups is 2. The highest BCUT2D eigenvalue weighted by Crippen LogP contribution is 2.28. The zero-order valence-corrected chi connectivity index (χ0v) is 16.8. The largest absolute Gasteiger partial charge is 0.445 e. The van der Waals surface area contributed by atoms with E-state index >= 15 is 0 Å². The average molecular weight is 389 g/mol. The molecule has 154 valence electrons. The molecule has 2 fully saturated rings. The summed E-state index contributed by atoms with van der Waals surface area (Å²) in [6, 6.07) is 9.66. The Morgan fingerprint density at radius 1 is 0.964 bits per heavy atom. The van der Waals surface area contributed by atoms with Gasteiger partial charge in [-0.3, -0.25) is 4.79 Å². The van der Waals surface area contributed by atoms with Gasteiger partial charge < -0.3 is 19.3 Å². The third kappa shape index (κ3) is 5.71. The van der Waals surface area contributed by atoms with Gasteiger partial charge in [0.1, 0.15) is 6.61 Å². The second-order valence-electron chi connectivity index (χ2n) is 7.70. The molecular weight excluding hydrogens is 356 g/mol. The molecule has 1 aliphatic heterocycles. The van der Waals surface area contributed by atoms with Gasteiger partial charge in [0, 0.05) is 38.7 Å². The number of benzene rings is 1. The van der Waals surface area contributed by atoms with Crippen molar-refractivity contribution in [1.29, 1.82) is 0 Å². The van der Waals surface area contributed by atoms with Crippen LogP contribution in [-0.2, 0) is 20.9 Å². The summed E-state index contributed by atoms with van der Waals surface area (Å²) < 4.78 is 11.2. The summed E-state index contributed by atoms with van der Waals surface area (Å²) in [5, 5.41) is 0. The molecule has 1 aliphatic carbocycles. The number of hydrogen-bond acceptors (Lipinski definition) is 4. The van der Waals surface area contributed by atoms with Crippen LogP contribution in [-0.4, -0.2) is 60.7 Å². The topological polar surface area (TPSA) is 59.1 Å². The Kier molecular flexibility index (Phi) is 7.71. The maximum Gasteiger partial charge on any atom is 0.410 e. The zero-order chi connectivity index (χ0) is 19.8. The Labute approximate surface area is 167 Å². The van der Waals surface area contributed by atoms with E-state index in [4.69, 9.17) is 9.47 Å². The molecule has 1 heterocycles. The lowest BCUT2D eigenvalue weighted by atomic mass is 9.86. The predicted molar refractivity (Wildman–Crippen MR) is 107 cm³/mol. The summed E-state index contributed by atoms with van der Waals surface area (Å²) >= 11 is 0. The summed E-state index contributed by atoms with van der Waals surface area (Å²) in [5.74, 6) is 0.351. The van der Waals surface area contributed by atoms with Crippen molar-refractivity contribution in [2.45, 2.75) is 51.7 Å². The molecule has 6 heteroatoms. The number of rotatable bonds is 6. The van der Waals surface area contributed by atoms with Crippen molar-refractivity contribution in [3.63, 3.8) is 0 Å². The fourth-order valence-electron chi connectivity index (χ4n) is 3.94. The number of carbonyl (C=O) groups excluding carboxylic acids is 2. The molecule has 1 saturated carbocycles. The zero-order valence-electron chi connectivity index (χ0n) is 16.8. The Hall–Kier alpha value is -2.08. The quantitative estimate of drug-likeness (QED) is 0.749. The molecular formula is C22H32N2O4. The van der Waals surface area contributed by atoms with Gasteiger partial charge >= 0.3 is 6.09 Å². The summed E-state index contributed by atoms with van der Waals surface area (Å²) in [6.45, 7) is 5.46. The van der Waals surface area contributed by atoms with Gasteiger partial charge in [0.25, 0.3) is 0 Å². The number of hydrogen-bond donors (Lipinski definition) is 0. The number of nitrogens with zero attached hydrogens (tertiary/aromatic N) is 2. The van der Waals surface area contributed by atoms with Crippen LogP contribution >= 0.6 is 0 Å². The van der Waals surface area contributed by atoms with Crippen molar-refractivity contribution < 1.29 is 19.1 Å². The molecule has 1 saturated heterocycles. The van der Waals surface area contributed by atoms with E-state index in [2.05, 4.69) is 6.92 Å². The Morgan fingerprint density at radius 2 is 1.61 bits per heavy atom. The molecule has 0 N–H and O–H groups in total. The van der Waals surface area contributed by atoms with Crippen molar-refractivity contribution in [2.24, 2.45) is 5.92 Å². The minimum atomic E-state index is -0.301. The molecule has 2 amide bonds. The van der Waals surface area contributed by atoms with E-state index in [0.717, 1.165) is 44.3 Å². The molecule has 2 aliphatic rings. The Bertz CT molecular complexity index is 621. The summed E-state index contributed by atoms with van der Waals surface area (Å²) in [6.07, 6.45) is 4.82. The predicted octanol–water partition coefficient (Wildman–Crippen LogP) is 3.45. The van der Waals surface area contributed by atoms with Crippen LogP contribution < -0.4 is 0 Å². The lowest BCUT2D eigenvalue weighted by Crippen LogP contribution is -2.52. The third-order valence-electron chi connectivity index (χ3n) is 5.64. The van der Waals surface area contributed by atoms with Gasteiger partial charge in [-0.2, -0.15) is 0 Å². The minimum absolute atomic E-state index is 0.109. The first-order valence-corrected chi connectivity index (χ1v) is 10.5. The summed E-state index contributed by atoms with van der Waals surface area (Å²) in [7, 11) is 0. The molecule has 28 heavy (non-hydrogen) atoms. The fraction of sp³-hybridized carbons (Fsp3) is 0.636. The van der Waals surface area contributed by atoms with E-state index in [1.54, 1.807) is 4.90 Å². The molecule has 0 unspecified atom stereocenters. The van der Waals surface area contributed by atoms with Gasteiger partial charge in [-0.15, -0.1) is 0 Å². The number of amides is 2. The van der Waals surface area contributed by atoms with Crippen LogP contribution in [0.2, 0.25) is 0 Å². The van der Waals surface area contributed by atoms with Gasteiger partial charge in [-0.25, -0.2) is 4.79 Å². The van der Waals surface area contributed by atoms with Crippen LogP contribution in [0.5, 0.6) is 0 Å². The normalized spacial score (nSPS) is 22.8. The molecule has 1 aromatic carbocycles. The molecule has 0 bridgehead atoms. The maximum atomic E-state index is 12.8. The first kappa shape index (κ1) is 20.6. The third-order valence-corrected chi connectivity index (χ3v) is 5.64. The monoisotopic (exact) mass is 388 g/mol. The van der Waals surface area contributed by atoms with Crippen molar-refractivity contribution in [1.82, 2.24) is 9.80 Å². The van der Waals surface area contributed by atoms with Gasteiger partial charge in [0.15, 0.2) is 0 Å². The standard InChI is InChI=1S/C22H32N2O4/c1-2-16-27-20-10-8-19(9-11-20)21(25)23-12-14-24(15-13-23)22(26)28-17-18-6-4-3-5-7-18/h3-7,19-20H,2,8-17H2,1H3. The van der Waals surface area contributed by atoms with E-state index < -0.39 is 0 Å². The SMILES string of the molecule is CCCOC1CCC(C(=O)N2CCN(C(=O)OCc3ccccc3)CC2)CC1. The van der Waals surface area contributed by atoms with Crippen LogP contribution in [0, 0.1) is 5.92 Å². The van der Waals surface area contributed by atoms with Crippen molar-refractivity contribution in [2.75, 3.05) is 32.8 Å². The van der Waals surface area contributed by atoms with Crippen molar-refractivity contribution in [3.05, 3.63) is 35.9 Å². The molecule has 0 radical (unpaired) electrons. The highest BCUT2D eigenvalue weighted by Gasteiger charge is 2.32. The molecule has 1 aromatic rings. The highest BCUT2D eigenvalue weighted by atomic mass is 16.6.